The van der Waals surface area contributed by atoms with E-state index < -0.39 is 0 Å². The van der Waals surface area contributed by atoms with Gasteiger partial charge in [-0.2, -0.15) is 0 Å². The Morgan fingerprint density at radius 3 is 2.67 bits per heavy atom. The van der Waals surface area contributed by atoms with Crippen LogP contribution in [0, 0.1) is 5.41 Å². The first-order valence-electron chi connectivity index (χ1n) is 7.34. The predicted octanol–water partition coefficient (Wildman–Crippen LogP) is 2.26. The smallest absolute Gasteiger partial charge is 0.184 e. The van der Waals surface area contributed by atoms with Gasteiger partial charge in [0.25, 0.3) is 0 Å². The van der Waals surface area contributed by atoms with E-state index >= 15 is 0 Å². The summed E-state index contributed by atoms with van der Waals surface area (Å²) in [4.78, 5) is 1.89. The second-order valence-electron chi connectivity index (χ2n) is 5.24. The fourth-order valence-electron chi connectivity index (χ4n) is 1.91. The zero-order chi connectivity index (χ0) is 15.1. The standard InChI is InChI=1S/C16H24N2O3/c1-13-16(21-13)20-11-9-18(2)15(17)8-10-19-12-14-6-4-3-5-7-14/h3-7,13,16-17H,8-12H2,1-2H3. The molecular formula is C16H24N2O3. The highest BCUT2D eigenvalue weighted by Gasteiger charge is 2.35. The van der Waals surface area contributed by atoms with E-state index in [9.17, 15) is 0 Å². The molecule has 0 spiro atoms. The Bertz CT molecular complexity index is 438. The van der Waals surface area contributed by atoms with Crippen LogP contribution in [0.4, 0.5) is 0 Å². The molecule has 0 amide bonds. The Balaban J connectivity index is 1.51. The summed E-state index contributed by atoms with van der Waals surface area (Å²) in [5, 5.41) is 7.98. The summed E-state index contributed by atoms with van der Waals surface area (Å²) in [6.45, 7) is 4.42. The highest BCUT2D eigenvalue weighted by Crippen LogP contribution is 2.21. The van der Waals surface area contributed by atoms with Gasteiger partial charge >= 0.3 is 0 Å². The van der Waals surface area contributed by atoms with E-state index in [1.807, 2.05) is 49.2 Å². The predicted molar refractivity (Wildman–Crippen MR) is 81.4 cm³/mol. The van der Waals surface area contributed by atoms with Gasteiger partial charge in [-0.15, -0.1) is 0 Å². The molecule has 1 aliphatic heterocycles. The highest BCUT2D eigenvalue weighted by atomic mass is 16.8. The maximum absolute atomic E-state index is 7.98. The monoisotopic (exact) mass is 292 g/mol. The number of nitrogens with zero attached hydrogens (tertiary/aromatic N) is 1. The van der Waals surface area contributed by atoms with Crippen LogP contribution in [0.5, 0.6) is 0 Å². The van der Waals surface area contributed by atoms with E-state index in [1.54, 1.807) is 0 Å². The number of hydrogen-bond acceptors (Lipinski definition) is 4. The topological polar surface area (TPSA) is 58.1 Å². The van der Waals surface area contributed by atoms with Crippen LogP contribution in [0.25, 0.3) is 0 Å². The first kappa shape index (κ1) is 15.9. The second kappa shape index (κ2) is 8.12. The van der Waals surface area contributed by atoms with Crippen LogP contribution in [0.3, 0.4) is 0 Å². The zero-order valence-electron chi connectivity index (χ0n) is 12.7. The van der Waals surface area contributed by atoms with Crippen LogP contribution < -0.4 is 0 Å². The molecule has 2 unspecified atom stereocenters. The highest BCUT2D eigenvalue weighted by molar-refractivity contribution is 5.78. The van der Waals surface area contributed by atoms with Crippen LogP contribution in [0.2, 0.25) is 0 Å². The van der Waals surface area contributed by atoms with Gasteiger partial charge in [-0.3, -0.25) is 5.41 Å². The van der Waals surface area contributed by atoms with Crippen molar-refractivity contribution in [2.75, 3.05) is 26.8 Å². The maximum atomic E-state index is 7.98. The number of hydrogen-bond donors (Lipinski definition) is 1. The second-order valence-corrected chi connectivity index (χ2v) is 5.24. The molecule has 0 radical (unpaired) electrons. The van der Waals surface area contributed by atoms with Crippen molar-refractivity contribution in [3.05, 3.63) is 35.9 Å². The van der Waals surface area contributed by atoms with Crippen LogP contribution in [-0.2, 0) is 20.8 Å². The molecule has 5 nitrogen and oxygen atoms in total. The number of benzene rings is 1. The molecule has 116 valence electrons. The van der Waals surface area contributed by atoms with Crippen molar-refractivity contribution in [2.45, 2.75) is 32.3 Å². The van der Waals surface area contributed by atoms with Crippen molar-refractivity contribution < 1.29 is 14.2 Å². The van der Waals surface area contributed by atoms with Gasteiger partial charge in [-0.05, 0) is 12.5 Å². The van der Waals surface area contributed by atoms with Crippen LogP contribution in [0.1, 0.15) is 18.9 Å². The molecule has 1 aromatic carbocycles. The van der Waals surface area contributed by atoms with Crippen molar-refractivity contribution in [3.8, 4) is 0 Å². The molecule has 0 bridgehead atoms. The van der Waals surface area contributed by atoms with Crippen LogP contribution in [-0.4, -0.2) is 49.9 Å². The lowest BCUT2D eigenvalue weighted by Crippen LogP contribution is -2.30. The average molecular weight is 292 g/mol. The molecule has 1 saturated heterocycles. The average Bonchev–Trinajstić information content (AvgIpc) is 3.20. The molecule has 1 heterocycles. The number of epoxide rings is 1. The molecule has 0 saturated carbocycles. The summed E-state index contributed by atoms with van der Waals surface area (Å²) >= 11 is 0. The lowest BCUT2D eigenvalue weighted by molar-refractivity contribution is 0.0451. The zero-order valence-corrected chi connectivity index (χ0v) is 12.7. The van der Waals surface area contributed by atoms with Crippen molar-refractivity contribution in [1.82, 2.24) is 4.90 Å². The third kappa shape index (κ3) is 5.83. The summed E-state index contributed by atoms with van der Waals surface area (Å²) in [7, 11) is 1.90. The molecule has 1 N–H and O–H groups in total. The van der Waals surface area contributed by atoms with Gasteiger partial charge in [0.15, 0.2) is 6.29 Å². The first-order chi connectivity index (χ1) is 10.2. The molecule has 2 atom stereocenters. The van der Waals surface area contributed by atoms with Crippen molar-refractivity contribution in [1.29, 1.82) is 5.41 Å². The third-order valence-electron chi connectivity index (χ3n) is 3.42. The van der Waals surface area contributed by atoms with E-state index in [-0.39, 0.29) is 12.4 Å². The SMILES string of the molecule is CC1OC1OCCN(C)C(=N)CCOCc1ccccc1. The van der Waals surface area contributed by atoms with Crippen molar-refractivity contribution in [3.63, 3.8) is 0 Å². The first-order valence-corrected chi connectivity index (χ1v) is 7.34. The number of likely N-dealkylation sites (N-methyl/N-ethyl adjacent to an activating group) is 1. The molecule has 1 fully saturated rings. The van der Waals surface area contributed by atoms with E-state index in [4.69, 9.17) is 19.6 Å². The quantitative estimate of drug-likeness (QED) is 0.328. The molecular weight excluding hydrogens is 268 g/mol. The minimum Gasteiger partial charge on any atom is -0.376 e. The lowest BCUT2D eigenvalue weighted by Gasteiger charge is -2.19. The van der Waals surface area contributed by atoms with Gasteiger partial charge < -0.3 is 19.1 Å². The minimum absolute atomic E-state index is 0.0400. The molecule has 1 aromatic rings. The fraction of sp³-hybridized carbons (Fsp3) is 0.562. The Kier molecular flexibility index (Phi) is 6.17. The Labute approximate surface area is 126 Å². The summed E-state index contributed by atoms with van der Waals surface area (Å²) in [6, 6.07) is 10.1. The van der Waals surface area contributed by atoms with Gasteiger partial charge in [0.05, 0.1) is 25.7 Å². The summed E-state index contributed by atoms with van der Waals surface area (Å²) < 4.78 is 16.2. The van der Waals surface area contributed by atoms with E-state index in [1.165, 1.54) is 0 Å². The van der Waals surface area contributed by atoms with Crippen molar-refractivity contribution in [2.24, 2.45) is 0 Å². The Morgan fingerprint density at radius 1 is 1.29 bits per heavy atom. The number of amidine groups is 1. The van der Waals surface area contributed by atoms with E-state index in [2.05, 4.69) is 0 Å². The normalized spacial score (nSPS) is 20.3. The lowest BCUT2D eigenvalue weighted by atomic mass is 10.2. The number of rotatable bonds is 9. The molecule has 21 heavy (non-hydrogen) atoms. The van der Waals surface area contributed by atoms with Crippen LogP contribution in [0.15, 0.2) is 30.3 Å². The number of nitrogens with one attached hydrogen (secondary N) is 1. The minimum atomic E-state index is -0.0400. The molecule has 2 rings (SSSR count). The van der Waals surface area contributed by atoms with E-state index in [0.29, 0.717) is 38.6 Å². The molecule has 1 aliphatic rings. The van der Waals surface area contributed by atoms with Gasteiger partial charge in [-0.1, -0.05) is 30.3 Å². The Hall–Kier alpha value is -1.43. The molecule has 5 heteroatoms. The fourth-order valence-corrected chi connectivity index (χ4v) is 1.91. The van der Waals surface area contributed by atoms with Gasteiger partial charge in [0, 0.05) is 20.0 Å². The largest absolute Gasteiger partial charge is 0.376 e. The van der Waals surface area contributed by atoms with E-state index in [0.717, 1.165) is 5.56 Å². The van der Waals surface area contributed by atoms with Crippen molar-refractivity contribution >= 4 is 5.84 Å². The van der Waals surface area contributed by atoms with Gasteiger partial charge in [0.2, 0.25) is 0 Å². The van der Waals surface area contributed by atoms with Crippen LogP contribution >= 0.6 is 0 Å². The van der Waals surface area contributed by atoms with Gasteiger partial charge in [-0.25, -0.2) is 0 Å². The Morgan fingerprint density at radius 2 is 2.00 bits per heavy atom. The third-order valence-corrected chi connectivity index (χ3v) is 3.42. The molecule has 0 aromatic heterocycles. The summed E-state index contributed by atoms with van der Waals surface area (Å²) in [6.07, 6.45) is 0.794. The van der Waals surface area contributed by atoms with Gasteiger partial charge in [0.1, 0.15) is 6.10 Å². The maximum Gasteiger partial charge on any atom is 0.184 e. The summed E-state index contributed by atoms with van der Waals surface area (Å²) in [5.41, 5.74) is 1.16. The molecule has 0 aliphatic carbocycles. The number of ether oxygens (including phenoxy) is 3. The summed E-state index contributed by atoms with van der Waals surface area (Å²) in [5.74, 6) is 0.566.